The summed E-state index contributed by atoms with van der Waals surface area (Å²) < 4.78 is 2.09. The van der Waals surface area contributed by atoms with E-state index in [9.17, 15) is 0 Å². The second-order valence-corrected chi connectivity index (χ2v) is 6.10. The minimum absolute atomic E-state index is 0.498. The molecular formula is C16H29N3. The quantitative estimate of drug-likeness (QED) is 0.846. The Kier molecular flexibility index (Phi) is 5.44. The zero-order chi connectivity index (χ0) is 13.7. The summed E-state index contributed by atoms with van der Waals surface area (Å²) >= 11 is 0. The Balaban J connectivity index is 2.08. The van der Waals surface area contributed by atoms with Gasteiger partial charge in [-0.3, -0.25) is 4.68 Å². The van der Waals surface area contributed by atoms with Gasteiger partial charge in [-0.05, 0) is 37.6 Å². The van der Waals surface area contributed by atoms with Crippen molar-refractivity contribution in [3.05, 3.63) is 18.0 Å². The molecule has 0 bridgehead atoms. The van der Waals surface area contributed by atoms with Gasteiger partial charge >= 0.3 is 0 Å². The molecule has 0 amide bonds. The first-order chi connectivity index (χ1) is 9.24. The summed E-state index contributed by atoms with van der Waals surface area (Å²) in [5.74, 6) is 1.66. The van der Waals surface area contributed by atoms with Crippen LogP contribution in [0.1, 0.15) is 64.5 Å². The second-order valence-electron chi connectivity index (χ2n) is 6.10. The third-order valence-corrected chi connectivity index (χ3v) is 4.34. The molecule has 3 atom stereocenters. The largest absolute Gasteiger partial charge is 0.310 e. The summed E-state index contributed by atoms with van der Waals surface area (Å²) in [5, 5.41) is 8.19. The topological polar surface area (TPSA) is 29.9 Å². The third-order valence-electron chi connectivity index (χ3n) is 4.34. The summed E-state index contributed by atoms with van der Waals surface area (Å²) in [6.45, 7) is 8.87. The minimum Gasteiger partial charge on any atom is -0.310 e. The van der Waals surface area contributed by atoms with E-state index < -0.39 is 0 Å². The zero-order valence-electron chi connectivity index (χ0n) is 12.7. The molecule has 0 spiro atoms. The summed E-state index contributed by atoms with van der Waals surface area (Å²) in [5.41, 5.74) is 1.38. The molecule has 1 N–H and O–H groups in total. The van der Waals surface area contributed by atoms with Gasteiger partial charge in [-0.2, -0.15) is 5.10 Å². The van der Waals surface area contributed by atoms with E-state index in [1.54, 1.807) is 0 Å². The average Bonchev–Trinajstić information content (AvgIpc) is 2.85. The lowest BCUT2D eigenvalue weighted by molar-refractivity contribution is 0.225. The number of nitrogens with one attached hydrogen (secondary N) is 1. The SMILES string of the molecule is CCCn1cc(C(NCC)C2CCCC(C)C2)cn1. The van der Waals surface area contributed by atoms with E-state index in [4.69, 9.17) is 0 Å². The van der Waals surface area contributed by atoms with Crippen LogP contribution in [0.15, 0.2) is 12.4 Å². The predicted molar refractivity (Wildman–Crippen MR) is 80.1 cm³/mol. The molecule has 0 saturated heterocycles. The van der Waals surface area contributed by atoms with Gasteiger partial charge in [0.1, 0.15) is 0 Å². The minimum atomic E-state index is 0.498. The molecule has 1 aromatic rings. The average molecular weight is 263 g/mol. The fraction of sp³-hybridized carbons (Fsp3) is 0.812. The molecule has 1 aliphatic carbocycles. The van der Waals surface area contributed by atoms with E-state index in [0.29, 0.717) is 6.04 Å². The molecule has 108 valence electrons. The van der Waals surface area contributed by atoms with E-state index in [2.05, 4.69) is 48.3 Å². The highest BCUT2D eigenvalue weighted by molar-refractivity contribution is 5.12. The van der Waals surface area contributed by atoms with Crippen LogP contribution < -0.4 is 5.32 Å². The lowest BCUT2D eigenvalue weighted by atomic mass is 9.77. The summed E-state index contributed by atoms with van der Waals surface area (Å²) in [6.07, 6.45) is 11.0. The van der Waals surface area contributed by atoms with Gasteiger partial charge in [-0.15, -0.1) is 0 Å². The van der Waals surface area contributed by atoms with Crippen LogP contribution in [0.5, 0.6) is 0 Å². The highest BCUT2D eigenvalue weighted by Crippen LogP contribution is 2.36. The van der Waals surface area contributed by atoms with Gasteiger partial charge in [0.05, 0.1) is 6.20 Å². The van der Waals surface area contributed by atoms with Gasteiger partial charge in [0.25, 0.3) is 0 Å². The molecular weight excluding hydrogens is 234 g/mol. The van der Waals surface area contributed by atoms with E-state index >= 15 is 0 Å². The van der Waals surface area contributed by atoms with Gasteiger partial charge < -0.3 is 5.32 Å². The molecule has 3 unspecified atom stereocenters. The second kappa shape index (κ2) is 7.09. The lowest BCUT2D eigenvalue weighted by Gasteiger charge is -2.33. The summed E-state index contributed by atoms with van der Waals surface area (Å²) in [4.78, 5) is 0. The van der Waals surface area contributed by atoms with Gasteiger partial charge in [0.2, 0.25) is 0 Å². The molecule has 2 rings (SSSR count). The molecule has 19 heavy (non-hydrogen) atoms. The van der Waals surface area contributed by atoms with Crippen molar-refractivity contribution in [2.75, 3.05) is 6.54 Å². The maximum Gasteiger partial charge on any atom is 0.0537 e. The first-order valence-corrected chi connectivity index (χ1v) is 8.00. The maximum absolute atomic E-state index is 4.50. The Morgan fingerprint density at radius 2 is 2.26 bits per heavy atom. The molecule has 0 aromatic carbocycles. The molecule has 1 saturated carbocycles. The molecule has 1 fully saturated rings. The van der Waals surface area contributed by atoms with Gasteiger partial charge in [0, 0.05) is 24.3 Å². The van der Waals surface area contributed by atoms with Crippen LogP contribution in [-0.2, 0) is 6.54 Å². The molecule has 1 heterocycles. The number of aryl methyl sites for hydroxylation is 1. The monoisotopic (exact) mass is 263 g/mol. The Bertz CT molecular complexity index is 372. The molecule has 3 heteroatoms. The van der Waals surface area contributed by atoms with E-state index in [1.165, 1.54) is 31.2 Å². The van der Waals surface area contributed by atoms with Crippen molar-refractivity contribution in [3.8, 4) is 0 Å². The standard InChI is InChI=1S/C16H29N3/c1-4-9-19-12-15(11-18-19)16(17-5-2)14-8-6-7-13(3)10-14/h11-14,16-17H,4-10H2,1-3H3. The molecule has 0 radical (unpaired) electrons. The van der Waals surface area contributed by atoms with E-state index in [0.717, 1.165) is 31.3 Å². The van der Waals surface area contributed by atoms with Crippen molar-refractivity contribution in [1.82, 2.24) is 15.1 Å². The molecule has 0 aliphatic heterocycles. The molecule has 1 aromatic heterocycles. The molecule has 3 nitrogen and oxygen atoms in total. The van der Waals surface area contributed by atoms with Crippen LogP contribution in [-0.4, -0.2) is 16.3 Å². The number of rotatable bonds is 6. The van der Waals surface area contributed by atoms with Crippen molar-refractivity contribution >= 4 is 0 Å². The van der Waals surface area contributed by atoms with Crippen molar-refractivity contribution in [3.63, 3.8) is 0 Å². The van der Waals surface area contributed by atoms with E-state index in [-0.39, 0.29) is 0 Å². The van der Waals surface area contributed by atoms with Crippen molar-refractivity contribution in [2.45, 2.75) is 65.5 Å². The lowest BCUT2D eigenvalue weighted by Crippen LogP contribution is -2.31. The van der Waals surface area contributed by atoms with Crippen molar-refractivity contribution in [2.24, 2.45) is 11.8 Å². The van der Waals surface area contributed by atoms with Crippen LogP contribution in [0.3, 0.4) is 0 Å². The van der Waals surface area contributed by atoms with Crippen LogP contribution in [0.2, 0.25) is 0 Å². The first-order valence-electron chi connectivity index (χ1n) is 8.00. The Morgan fingerprint density at radius 3 is 2.95 bits per heavy atom. The first kappa shape index (κ1) is 14.6. The number of hydrogen-bond acceptors (Lipinski definition) is 2. The number of aromatic nitrogens is 2. The normalized spacial score (nSPS) is 25.4. The smallest absolute Gasteiger partial charge is 0.0537 e. The van der Waals surface area contributed by atoms with Crippen LogP contribution in [0, 0.1) is 11.8 Å². The Labute approximate surface area is 117 Å². The zero-order valence-corrected chi connectivity index (χ0v) is 12.7. The fourth-order valence-electron chi connectivity index (χ4n) is 3.45. The van der Waals surface area contributed by atoms with Gasteiger partial charge in [-0.25, -0.2) is 0 Å². The Morgan fingerprint density at radius 1 is 1.42 bits per heavy atom. The van der Waals surface area contributed by atoms with Gasteiger partial charge in [-0.1, -0.05) is 33.6 Å². The van der Waals surface area contributed by atoms with Crippen LogP contribution in [0.4, 0.5) is 0 Å². The van der Waals surface area contributed by atoms with Crippen molar-refractivity contribution < 1.29 is 0 Å². The third kappa shape index (κ3) is 3.82. The highest BCUT2D eigenvalue weighted by Gasteiger charge is 2.28. The predicted octanol–water partition coefficient (Wildman–Crippen LogP) is 3.77. The number of hydrogen-bond donors (Lipinski definition) is 1. The fourth-order valence-corrected chi connectivity index (χ4v) is 3.45. The van der Waals surface area contributed by atoms with Gasteiger partial charge in [0.15, 0.2) is 0 Å². The summed E-state index contributed by atoms with van der Waals surface area (Å²) in [7, 11) is 0. The van der Waals surface area contributed by atoms with Crippen molar-refractivity contribution in [1.29, 1.82) is 0 Å². The Hall–Kier alpha value is -0.830. The van der Waals surface area contributed by atoms with Crippen LogP contribution >= 0.6 is 0 Å². The number of nitrogens with zero attached hydrogens (tertiary/aromatic N) is 2. The van der Waals surface area contributed by atoms with Crippen LogP contribution in [0.25, 0.3) is 0 Å². The molecule has 1 aliphatic rings. The summed E-state index contributed by atoms with van der Waals surface area (Å²) in [6, 6.07) is 0.498. The highest BCUT2D eigenvalue weighted by atomic mass is 15.3. The van der Waals surface area contributed by atoms with E-state index in [1.807, 2.05) is 0 Å². The maximum atomic E-state index is 4.50.